The lowest BCUT2D eigenvalue weighted by Gasteiger charge is -2.28. The van der Waals surface area contributed by atoms with Crippen LogP contribution in [-0.2, 0) is 6.42 Å². The molecule has 1 aromatic heterocycles. The third-order valence-electron chi connectivity index (χ3n) is 7.45. The van der Waals surface area contributed by atoms with Gasteiger partial charge in [0.05, 0.1) is 0 Å². The first kappa shape index (κ1) is 20.8. The van der Waals surface area contributed by atoms with E-state index in [-0.39, 0.29) is 0 Å². The molecule has 0 aromatic carbocycles. The molecule has 152 valence electrons. The SMILES string of the molecule is CCCCC1CCC(CCc2ncc(C3CCC(CCC)CC3)cn2)CC1. The molecule has 2 aliphatic carbocycles. The van der Waals surface area contributed by atoms with Crippen LogP contribution < -0.4 is 0 Å². The smallest absolute Gasteiger partial charge is 0.128 e. The van der Waals surface area contributed by atoms with Crippen molar-refractivity contribution in [3.63, 3.8) is 0 Å². The number of nitrogens with zero attached hydrogens (tertiary/aromatic N) is 2. The van der Waals surface area contributed by atoms with Crippen molar-refractivity contribution in [2.45, 2.75) is 116 Å². The predicted molar refractivity (Wildman–Crippen MR) is 115 cm³/mol. The highest BCUT2D eigenvalue weighted by Gasteiger charge is 2.23. The third kappa shape index (κ3) is 6.57. The largest absolute Gasteiger partial charge is 0.241 e. The van der Waals surface area contributed by atoms with Crippen molar-refractivity contribution in [3.8, 4) is 0 Å². The summed E-state index contributed by atoms with van der Waals surface area (Å²) in [6.45, 7) is 4.63. The Bertz CT molecular complexity index is 508. The molecule has 2 fully saturated rings. The van der Waals surface area contributed by atoms with Crippen LogP contribution >= 0.6 is 0 Å². The van der Waals surface area contributed by atoms with Gasteiger partial charge in [-0.15, -0.1) is 0 Å². The molecule has 3 rings (SSSR count). The number of unbranched alkanes of at least 4 members (excludes halogenated alkanes) is 1. The molecule has 2 heteroatoms. The Labute approximate surface area is 168 Å². The summed E-state index contributed by atoms with van der Waals surface area (Å²) in [5.41, 5.74) is 1.39. The summed E-state index contributed by atoms with van der Waals surface area (Å²) in [6.07, 6.45) is 25.0. The quantitative estimate of drug-likeness (QED) is 0.450. The van der Waals surface area contributed by atoms with Crippen LogP contribution in [0.4, 0.5) is 0 Å². The average Bonchev–Trinajstić information content (AvgIpc) is 2.73. The van der Waals surface area contributed by atoms with Crippen molar-refractivity contribution in [2.75, 3.05) is 0 Å². The first-order valence-corrected chi connectivity index (χ1v) is 12.1. The van der Waals surface area contributed by atoms with Gasteiger partial charge in [0.15, 0.2) is 0 Å². The van der Waals surface area contributed by atoms with E-state index >= 15 is 0 Å². The molecule has 0 amide bonds. The minimum absolute atomic E-state index is 0.713. The van der Waals surface area contributed by atoms with E-state index in [1.807, 2.05) is 0 Å². The maximum atomic E-state index is 4.74. The van der Waals surface area contributed by atoms with Crippen molar-refractivity contribution in [2.24, 2.45) is 17.8 Å². The second-order valence-electron chi connectivity index (χ2n) is 9.51. The number of aryl methyl sites for hydroxylation is 1. The highest BCUT2D eigenvalue weighted by atomic mass is 14.9. The van der Waals surface area contributed by atoms with E-state index < -0.39 is 0 Å². The lowest BCUT2D eigenvalue weighted by molar-refractivity contribution is 0.249. The van der Waals surface area contributed by atoms with Crippen LogP contribution in [0.3, 0.4) is 0 Å². The summed E-state index contributed by atoms with van der Waals surface area (Å²) in [6, 6.07) is 0. The molecule has 0 unspecified atom stereocenters. The van der Waals surface area contributed by atoms with Crippen LogP contribution in [0.5, 0.6) is 0 Å². The van der Waals surface area contributed by atoms with Gasteiger partial charge in [-0.25, -0.2) is 9.97 Å². The highest BCUT2D eigenvalue weighted by Crippen LogP contribution is 2.37. The van der Waals surface area contributed by atoms with Gasteiger partial charge in [-0.05, 0) is 61.3 Å². The zero-order valence-electron chi connectivity index (χ0n) is 18.0. The van der Waals surface area contributed by atoms with Crippen molar-refractivity contribution >= 4 is 0 Å². The van der Waals surface area contributed by atoms with Gasteiger partial charge >= 0.3 is 0 Å². The van der Waals surface area contributed by atoms with Crippen molar-refractivity contribution in [3.05, 3.63) is 23.8 Å². The van der Waals surface area contributed by atoms with Crippen LogP contribution in [0.2, 0.25) is 0 Å². The first-order valence-electron chi connectivity index (χ1n) is 12.1. The normalized spacial score (nSPS) is 29.0. The van der Waals surface area contributed by atoms with Gasteiger partial charge in [0.1, 0.15) is 5.82 Å². The summed E-state index contributed by atoms with van der Waals surface area (Å²) >= 11 is 0. The minimum atomic E-state index is 0.713. The van der Waals surface area contributed by atoms with E-state index in [0.29, 0.717) is 5.92 Å². The standard InChI is InChI=1S/C25H42N2/c1-3-5-7-21-8-10-22(11-9-21)14-17-25-26-18-24(19-27-25)23-15-12-20(6-4-2)13-16-23/h18-23H,3-17H2,1-2H3. The monoisotopic (exact) mass is 370 g/mol. The van der Waals surface area contributed by atoms with Gasteiger partial charge in [-0.1, -0.05) is 71.6 Å². The Morgan fingerprint density at radius 3 is 1.85 bits per heavy atom. The fourth-order valence-electron chi connectivity index (χ4n) is 5.53. The van der Waals surface area contributed by atoms with E-state index in [9.17, 15) is 0 Å². The average molecular weight is 371 g/mol. The second-order valence-corrected chi connectivity index (χ2v) is 9.51. The molecule has 0 saturated heterocycles. The number of hydrogen-bond donors (Lipinski definition) is 0. The van der Waals surface area contributed by atoms with Crippen molar-refractivity contribution in [1.29, 1.82) is 0 Å². The Balaban J connectivity index is 1.37. The number of aromatic nitrogens is 2. The molecule has 0 radical (unpaired) electrons. The third-order valence-corrected chi connectivity index (χ3v) is 7.45. The van der Waals surface area contributed by atoms with Crippen LogP contribution in [-0.4, -0.2) is 9.97 Å². The zero-order valence-corrected chi connectivity index (χ0v) is 18.0. The summed E-state index contributed by atoms with van der Waals surface area (Å²) < 4.78 is 0. The first-order chi connectivity index (χ1) is 13.3. The fourth-order valence-corrected chi connectivity index (χ4v) is 5.53. The van der Waals surface area contributed by atoms with Crippen LogP contribution in [0, 0.1) is 17.8 Å². The van der Waals surface area contributed by atoms with E-state index in [4.69, 9.17) is 9.97 Å². The van der Waals surface area contributed by atoms with Crippen LogP contribution in [0.25, 0.3) is 0 Å². The summed E-state index contributed by atoms with van der Waals surface area (Å²) in [5.74, 6) is 4.70. The topological polar surface area (TPSA) is 25.8 Å². The van der Waals surface area contributed by atoms with Gasteiger partial charge < -0.3 is 0 Å². The second kappa shape index (κ2) is 11.2. The predicted octanol–water partition coefficient (Wildman–Crippen LogP) is 7.48. The highest BCUT2D eigenvalue weighted by molar-refractivity contribution is 5.13. The van der Waals surface area contributed by atoms with E-state index in [1.54, 1.807) is 0 Å². The van der Waals surface area contributed by atoms with Crippen LogP contribution in [0.1, 0.15) is 121 Å². The van der Waals surface area contributed by atoms with Gasteiger partial charge in [-0.2, -0.15) is 0 Å². The van der Waals surface area contributed by atoms with E-state index in [1.165, 1.54) is 95.5 Å². The summed E-state index contributed by atoms with van der Waals surface area (Å²) in [4.78, 5) is 9.48. The number of hydrogen-bond acceptors (Lipinski definition) is 2. The molecule has 0 spiro atoms. The molecule has 0 aliphatic heterocycles. The molecular weight excluding hydrogens is 328 g/mol. The van der Waals surface area contributed by atoms with Gasteiger partial charge in [-0.3, -0.25) is 0 Å². The van der Waals surface area contributed by atoms with Gasteiger partial charge in [0, 0.05) is 18.8 Å². The van der Waals surface area contributed by atoms with Gasteiger partial charge in [0.25, 0.3) is 0 Å². The Hall–Kier alpha value is -0.920. The fraction of sp³-hybridized carbons (Fsp3) is 0.840. The molecule has 27 heavy (non-hydrogen) atoms. The molecular formula is C25H42N2. The van der Waals surface area contributed by atoms with Crippen molar-refractivity contribution < 1.29 is 0 Å². The molecule has 1 heterocycles. The lowest BCUT2D eigenvalue weighted by Crippen LogP contribution is -2.16. The Kier molecular flexibility index (Phi) is 8.61. The molecule has 2 aliphatic rings. The molecule has 2 saturated carbocycles. The lowest BCUT2D eigenvalue weighted by atomic mass is 9.78. The van der Waals surface area contributed by atoms with E-state index in [2.05, 4.69) is 26.2 Å². The maximum absolute atomic E-state index is 4.74. The summed E-state index contributed by atoms with van der Waals surface area (Å²) in [7, 11) is 0. The molecule has 1 aromatic rings. The maximum Gasteiger partial charge on any atom is 0.128 e. The summed E-state index contributed by atoms with van der Waals surface area (Å²) in [5, 5.41) is 0. The Morgan fingerprint density at radius 1 is 0.704 bits per heavy atom. The number of rotatable bonds is 9. The zero-order chi connectivity index (χ0) is 18.9. The molecule has 0 atom stereocenters. The Morgan fingerprint density at radius 2 is 1.26 bits per heavy atom. The molecule has 0 bridgehead atoms. The molecule has 0 N–H and O–H groups in total. The van der Waals surface area contributed by atoms with Gasteiger partial charge in [0.2, 0.25) is 0 Å². The van der Waals surface area contributed by atoms with Crippen molar-refractivity contribution in [1.82, 2.24) is 9.97 Å². The van der Waals surface area contributed by atoms with E-state index in [0.717, 1.165) is 30.0 Å². The van der Waals surface area contributed by atoms with Crippen LogP contribution in [0.15, 0.2) is 12.4 Å². The minimum Gasteiger partial charge on any atom is -0.241 e. The molecule has 2 nitrogen and oxygen atoms in total.